The van der Waals surface area contributed by atoms with E-state index < -0.39 is 0 Å². The number of fused-ring (bicyclic) bond motifs is 1. The van der Waals surface area contributed by atoms with Crippen LogP contribution in [0.5, 0.6) is 11.5 Å². The molecule has 0 saturated carbocycles. The fourth-order valence-electron chi connectivity index (χ4n) is 1.92. The smallest absolute Gasteiger partial charge is 0.129 e. The van der Waals surface area contributed by atoms with Gasteiger partial charge in [-0.15, -0.1) is 11.3 Å². The number of benzene rings is 2. The molecule has 2 aromatic carbocycles. The van der Waals surface area contributed by atoms with Gasteiger partial charge in [-0.05, 0) is 57.9 Å². The Bertz CT molecular complexity index is 826. The van der Waals surface area contributed by atoms with Crippen LogP contribution < -0.4 is 4.74 Å². The van der Waals surface area contributed by atoms with Crippen molar-refractivity contribution in [3.05, 3.63) is 51.4 Å². The molecule has 0 spiro atoms. The third kappa shape index (κ3) is 3.09. The molecule has 3 rings (SSSR count). The molecule has 0 radical (unpaired) electrons. The minimum absolute atomic E-state index is 0.235. The van der Waals surface area contributed by atoms with Gasteiger partial charge in [0.2, 0.25) is 0 Å². The van der Waals surface area contributed by atoms with Gasteiger partial charge < -0.3 is 9.84 Å². The van der Waals surface area contributed by atoms with Gasteiger partial charge in [-0.1, -0.05) is 12.1 Å². The zero-order valence-electron chi connectivity index (χ0n) is 11.2. The highest BCUT2D eigenvalue weighted by atomic mass is 79.9. The van der Waals surface area contributed by atoms with Crippen LogP contribution in [0.25, 0.3) is 22.4 Å². The first-order valence-corrected chi connectivity index (χ1v) is 7.88. The third-order valence-electron chi connectivity index (χ3n) is 3.00. The Balaban J connectivity index is 1.90. The number of aromatic hydroxyl groups is 1. The molecule has 1 N–H and O–H groups in total. The molecular formula is C16H12BrNO2S. The van der Waals surface area contributed by atoms with Crippen LogP contribution in [0, 0.1) is 0 Å². The number of hydrogen-bond donors (Lipinski definition) is 1. The molecule has 0 aliphatic carbocycles. The van der Waals surface area contributed by atoms with Gasteiger partial charge >= 0.3 is 0 Å². The molecule has 0 bridgehead atoms. The van der Waals surface area contributed by atoms with E-state index in [1.165, 1.54) is 0 Å². The first-order chi connectivity index (χ1) is 10.2. The molecule has 0 unspecified atom stereocenters. The van der Waals surface area contributed by atoms with E-state index in [1.54, 1.807) is 24.5 Å². The summed E-state index contributed by atoms with van der Waals surface area (Å²) in [6.07, 6.45) is 3.94. The maximum absolute atomic E-state index is 9.48. The maximum atomic E-state index is 9.48. The van der Waals surface area contributed by atoms with Crippen molar-refractivity contribution in [2.75, 3.05) is 7.11 Å². The highest BCUT2D eigenvalue weighted by molar-refractivity contribution is 9.10. The summed E-state index contributed by atoms with van der Waals surface area (Å²) in [6, 6.07) is 11.2. The number of ether oxygens (including phenoxy) is 1. The highest BCUT2D eigenvalue weighted by Crippen LogP contribution is 2.28. The van der Waals surface area contributed by atoms with Gasteiger partial charge in [0.25, 0.3) is 0 Å². The summed E-state index contributed by atoms with van der Waals surface area (Å²) in [6.45, 7) is 0. The number of thiazole rings is 1. The van der Waals surface area contributed by atoms with Gasteiger partial charge in [0.05, 0.1) is 21.8 Å². The fourth-order valence-corrected chi connectivity index (χ4v) is 3.21. The quantitative estimate of drug-likeness (QED) is 0.717. The first-order valence-electron chi connectivity index (χ1n) is 6.27. The van der Waals surface area contributed by atoms with Crippen LogP contribution in [0.4, 0.5) is 0 Å². The Morgan fingerprint density at radius 2 is 2.05 bits per heavy atom. The van der Waals surface area contributed by atoms with Crippen LogP contribution in [-0.2, 0) is 0 Å². The van der Waals surface area contributed by atoms with Crippen molar-refractivity contribution in [2.45, 2.75) is 0 Å². The van der Waals surface area contributed by atoms with E-state index in [4.69, 9.17) is 4.74 Å². The summed E-state index contributed by atoms with van der Waals surface area (Å²) >= 11 is 4.92. The van der Waals surface area contributed by atoms with E-state index in [0.29, 0.717) is 4.47 Å². The van der Waals surface area contributed by atoms with Gasteiger partial charge in [0.15, 0.2) is 0 Å². The number of aromatic nitrogens is 1. The average molecular weight is 362 g/mol. The molecule has 0 amide bonds. The van der Waals surface area contributed by atoms with Crippen molar-refractivity contribution in [1.29, 1.82) is 0 Å². The summed E-state index contributed by atoms with van der Waals surface area (Å²) in [5, 5.41) is 10.4. The van der Waals surface area contributed by atoms with Crippen LogP contribution >= 0.6 is 27.3 Å². The SMILES string of the molecule is COc1ccc2nc(C=Cc3ccc(O)c(Br)c3)sc2c1. The lowest BCUT2D eigenvalue weighted by atomic mass is 10.2. The summed E-state index contributed by atoms with van der Waals surface area (Å²) in [5.41, 5.74) is 1.96. The molecule has 0 fully saturated rings. The second-order valence-corrected chi connectivity index (χ2v) is 6.35. The molecule has 3 aromatic rings. The molecule has 0 aliphatic rings. The Kier molecular flexibility index (Phi) is 3.94. The molecule has 0 atom stereocenters. The number of phenols is 1. The number of halogens is 1. The normalized spacial score (nSPS) is 11.3. The largest absolute Gasteiger partial charge is 0.507 e. The zero-order valence-corrected chi connectivity index (χ0v) is 13.6. The van der Waals surface area contributed by atoms with Gasteiger partial charge in [0.1, 0.15) is 16.5 Å². The van der Waals surface area contributed by atoms with E-state index in [0.717, 1.165) is 26.5 Å². The molecule has 5 heteroatoms. The van der Waals surface area contributed by atoms with Crippen LogP contribution in [0.3, 0.4) is 0 Å². The standard InChI is InChI=1S/C16H12BrNO2S/c1-20-11-4-5-13-15(9-11)21-16(18-13)7-3-10-2-6-14(19)12(17)8-10/h2-9,19H,1H3. The van der Waals surface area contributed by atoms with Crippen LogP contribution in [0.15, 0.2) is 40.9 Å². The molecule has 0 aliphatic heterocycles. The predicted molar refractivity (Wildman–Crippen MR) is 90.9 cm³/mol. The molecule has 0 saturated heterocycles. The zero-order chi connectivity index (χ0) is 14.8. The van der Waals surface area contributed by atoms with E-state index >= 15 is 0 Å². The fraction of sp³-hybridized carbons (Fsp3) is 0.0625. The summed E-state index contributed by atoms with van der Waals surface area (Å²) in [4.78, 5) is 4.56. The minimum Gasteiger partial charge on any atom is -0.507 e. The minimum atomic E-state index is 0.235. The maximum Gasteiger partial charge on any atom is 0.129 e. The third-order valence-corrected chi connectivity index (χ3v) is 4.62. The van der Waals surface area contributed by atoms with Gasteiger partial charge in [-0.3, -0.25) is 0 Å². The Morgan fingerprint density at radius 3 is 2.81 bits per heavy atom. The lowest BCUT2D eigenvalue weighted by molar-refractivity contribution is 0.415. The number of nitrogens with zero attached hydrogens (tertiary/aromatic N) is 1. The van der Waals surface area contributed by atoms with Gasteiger partial charge in [-0.2, -0.15) is 0 Å². The van der Waals surface area contributed by atoms with Crippen molar-refractivity contribution in [3.63, 3.8) is 0 Å². The molecule has 21 heavy (non-hydrogen) atoms. The summed E-state index contributed by atoms with van der Waals surface area (Å²) < 4.78 is 6.99. The molecule has 1 aromatic heterocycles. The molecular weight excluding hydrogens is 350 g/mol. The highest BCUT2D eigenvalue weighted by Gasteiger charge is 2.03. The first kappa shape index (κ1) is 14.1. The monoisotopic (exact) mass is 361 g/mol. The van der Waals surface area contributed by atoms with Gasteiger partial charge in [-0.25, -0.2) is 4.98 Å². The van der Waals surface area contributed by atoms with Crippen LogP contribution in [-0.4, -0.2) is 17.2 Å². The van der Waals surface area contributed by atoms with Crippen LogP contribution in [0.2, 0.25) is 0 Å². The van der Waals surface area contributed by atoms with E-state index in [2.05, 4.69) is 20.9 Å². The Hall–Kier alpha value is -1.85. The summed E-state index contributed by atoms with van der Waals surface area (Å²) in [5.74, 6) is 1.07. The Labute approximate surface area is 134 Å². The topological polar surface area (TPSA) is 42.4 Å². The molecule has 1 heterocycles. The molecule has 106 valence electrons. The van der Waals surface area contributed by atoms with E-state index in [9.17, 15) is 5.11 Å². The average Bonchev–Trinajstić information content (AvgIpc) is 2.90. The van der Waals surface area contributed by atoms with Crippen molar-refractivity contribution in [3.8, 4) is 11.5 Å². The van der Waals surface area contributed by atoms with Crippen molar-refractivity contribution >= 4 is 49.6 Å². The summed E-state index contributed by atoms with van der Waals surface area (Å²) in [7, 11) is 1.66. The second-order valence-electron chi connectivity index (χ2n) is 4.43. The Morgan fingerprint density at radius 1 is 1.19 bits per heavy atom. The van der Waals surface area contributed by atoms with Crippen molar-refractivity contribution in [1.82, 2.24) is 4.98 Å². The lowest BCUT2D eigenvalue weighted by Crippen LogP contribution is -1.80. The molecule has 3 nitrogen and oxygen atoms in total. The number of hydrogen-bond acceptors (Lipinski definition) is 4. The predicted octanol–water partition coefficient (Wildman–Crippen LogP) is 4.94. The lowest BCUT2D eigenvalue weighted by Gasteiger charge is -1.97. The van der Waals surface area contributed by atoms with E-state index in [-0.39, 0.29) is 5.75 Å². The van der Waals surface area contributed by atoms with Crippen LogP contribution in [0.1, 0.15) is 10.6 Å². The number of methoxy groups -OCH3 is 1. The van der Waals surface area contributed by atoms with E-state index in [1.807, 2.05) is 42.5 Å². The number of phenolic OH excluding ortho intramolecular Hbond substituents is 1. The number of rotatable bonds is 3. The van der Waals surface area contributed by atoms with Crippen molar-refractivity contribution < 1.29 is 9.84 Å². The van der Waals surface area contributed by atoms with Crippen molar-refractivity contribution in [2.24, 2.45) is 0 Å². The van der Waals surface area contributed by atoms with Gasteiger partial charge in [0, 0.05) is 0 Å². The second kappa shape index (κ2) is 5.87.